The van der Waals surface area contributed by atoms with E-state index in [2.05, 4.69) is 0 Å². The van der Waals surface area contributed by atoms with Crippen molar-refractivity contribution in [2.45, 2.75) is 44.2 Å². The van der Waals surface area contributed by atoms with Crippen molar-refractivity contribution < 1.29 is 14.2 Å². The highest BCUT2D eigenvalue weighted by Gasteiger charge is 2.29. The minimum atomic E-state index is -0.678. The molecule has 0 radical (unpaired) electrons. The summed E-state index contributed by atoms with van der Waals surface area (Å²) in [5.41, 5.74) is 6.39. The predicted molar refractivity (Wildman–Crippen MR) is 72.5 cm³/mol. The lowest BCUT2D eigenvalue weighted by Gasteiger charge is -2.30. The van der Waals surface area contributed by atoms with Crippen molar-refractivity contribution in [1.82, 2.24) is 0 Å². The van der Waals surface area contributed by atoms with Crippen LogP contribution < -0.4 is 10.5 Å². The van der Waals surface area contributed by atoms with Crippen molar-refractivity contribution in [2.75, 3.05) is 7.11 Å². The Kier molecular flexibility index (Phi) is 4.77. The normalized spacial score (nSPS) is 20.0. The van der Waals surface area contributed by atoms with E-state index >= 15 is 0 Å². The monoisotopic (exact) mass is 267 g/mol. The zero-order chi connectivity index (χ0) is 13.8. The van der Waals surface area contributed by atoms with E-state index in [4.69, 9.17) is 10.5 Å². The largest absolute Gasteiger partial charge is 0.497 e. The molecule has 0 aromatic heterocycles. The highest BCUT2D eigenvalue weighted by molar-refractivity contribution is 5.31. The summed E-state index contributed by atoms with van der Waals surface area (Å²) in [5, 5.41) is 10.3. The number of methoxy groups -OCH3 is 1. The zero-order valence-corrected chi connectivity index (χ0v) is 11.3. The fourth-order valence-corrected chi connectivity index (χ4v) is 2.86. The molecule has 0 spiro atoms. The molecule has 3 N–H and O–H groups in total. The maximum absolute atomic E-state index is 13.9. The molecule has 0 saturated heterocycles. The second-order valence-corrected chi connectivity index (χ2v) is 5.30. The minimum absolute atomic E-state index is 0.185. The van der Waals surface area contributed by atoms with Crippen molar-refractivity contribution in [3.8, 4) is 5.75 Å². The molecular weight excluding hydrogens is 245 g/mol. The van der Waals surface area contributed by atoms with E-state index in [1.807, 2.05) is 0 Å². The molecule has 1 aliphatic rings. The van der Waals surface area contributed by atoms with E-state index in [1.54, 1.807) is 12.1 Å². The van der Waals surface area contributed by atoms with Gasteiger partial charge in [-0.1, -0.05) is 25.3 Å². The van der Waals surface area contributed by atoms with Crippen molar-refractivity contribution >= 4 is 0 Å². The lowest BCUT2D eigenvalue weighted by atomic mass is 9.81. The van der Waals surface area contributed by atoms with Gasteiger partial charge in [-0.3, -0.25) is 0 Å². The van der Waals surface area contributed by atoms with E-state index in [9.17, 15) is 9.50 Å². The van der Waals surface area contributed by atoms with E-state index in [0.717, 1.165) is 25.7 Å². The third-order valence-electron chi connectivity index (χ3n) is 4.07. The molecule has 106 valence electrons. The molecular formula is C15H22FNO2. The highest BCUT2D eigenvalue weighted by Crippen LogP contribution is 2.32. The molecule has 0 unspecified atom stereocenters. The van der Waals surface area contributed by atoms with Crippen LogP contribution in [0.5, 0.6) is 5.75 Å². The summed E-state index contributed by atoms with van der Waals surface area (Å²) in [6.45, 7) is 0. The van der Waals surface area contributed by atoms with Gasteiger partial charge in [0.25, 0.3) is 0 Å². The average Bonchev–Trinajstić information content (AvgIpc) is 2.46. The van der Waals surface area contributed by atoms with Crippen LogP contribution in [-0.2, 0) is 0 Å². The third kappa shape index (κ3) is 3.25. The van der Waals surface area contributed by atoms with Gasteiger partial charge in [0, 0.05) is 11.6 Å². The van der Waals surface area contributed by atoms with Gasteiger partial charge in [-0.05, 0) is 24.8 Å². The molecule has 2 rings (SSSR count). The first-order valence-electron chi connectivity index (χ1n) is 6.90. The number of nitrogens with two attached hydrogens (primary N) is 1. The van der Waals surface area contributed by atoms with E-state index in [-0.39, 0.29) is 5.92 Å². The van der Waals surface area contributed by atoms with Gasteiger partial charge in [-0.2, -0.15) is 0 Å². The van der Waals surface area contributed by atoms with Gasteiger partial charge in [0.05, 0.1) is 19.3 Å². The van der Waals surface area contributed by atoms with Crippen molar-refractivity contribution in [1.29, 1.82) is 0 Å². The molecule has 1 saturated carbocycles. The lowest BCUT2D eigenvalue weighted by molar-refractivity contribution is 0.0607. The number of aliphatic hydroxyl groups excluding tert-OH is 1. The fraction of sp³-hybridized carbons (Fsp3) is 0.600. The Balaban J connectivity index is 2.11. The molecule has 1 aromatic carbocycles. The zero-order valence-electron chi connectivity index (χ0n) is 11.3. The average molecular weight is 267 g/mol. The molecule has 1 fully saturated rings. The van der Waals surface area contributed by atoms with Crippen LogP contribution in [0.1, 0.15) is 43.7 Å². The van der Waals surface area contributed by atoms with Gasteiger partial charge in [-0.25, -0.2) is 4.39 Å². The number of ether oxygens (including phenoxy) is 1. The summed E-state index contributed by atoms with van der Waals surface area (Å²) in [5.74, 6) is 0.229. The van der Waals surface area contributed by atoms with Crippen LogP contribution in [-0.4, -0.2) is 18.3 Å². The summed E-state index contributed by atoms with van der Waals surface area (Å²) < 4.78 is 18.9. The van der Waals surface area contributed by atoms with E-state index in [0.29, 0.717) is 11.3 Å². The molecule has 0 bridgehead atoms. The molecule has 4 heteroatoms. The lowest BCUT2D eigenvalue weighted by Crippen LogP contribution is -2.34. The van der Waals surface area contributed by atoms with Crippen LogP contribution in [0.3, 0.4) is 0 Å². The second-order valence-electron chi connectivity index (χ2n) is 5.30. The maximum Gasteiger partial charge on any atom is 0.131 e. The van der Waals surface area contributed by atoms with E-state index < -0.39 is 18.0 Å². The van der Waals surface area contributed by atoms with Gasteiger partial charge in [0.15, 0.2) is 0 Å². The Bertz CT molecular complexity index is 419. The van der Waals surface area contributed by atoms with Gasteiger partial charge in [0.1, 0.15) is 11.6 Å². The van der Waals surface area contributed by atoms with Crippen molar-refractivity contribution in [3.05, 3.63) is 29.6 Å². The fourth-order valence-electron chi connectivity index (χ4n) is 2.86. The maximum atomic E-state index is 13.9. The standard InChI is InChI=1S/C15H22FNO2/c1-19-11-7-8-12(13(16)9-11)14(17)15(18)10-5-3-2-4-6-10/h7-10,14-15,18H,2-6,17H2,1H3/t14-,15+/m1/s1. The number of aliphatic hydroxyl groups is 1. The summed E-state index contributed by atoms with van der Waals surface area (Å²) in [6.07, 6.45) is 4.75. The third-order valence-corrected chi connectivity index (χ3v) is 4.07. The molecule has 1 aromatic rings. The second kappa shape index (κ2) is 6.35. The number of benzene rings is 1. The van der Waals surface area contributed by atoms with Crippen LogP contribution in [0.15, 0.2) is 18.2 Å². The molecule has 19 heavy (non-hydrogen) atoms. The van der Waals surface area contributed by atoms with Crippen LogP contribution >= 0.6 is 0 Å². The van der Waals surface area contributed by atoms with E-state index in [1.165, 1.54) is 19.6 Å². The van der Waals surface area contributed by atoms with Crippen molar-refractivity contribution in [3.63, 3.8) is 0 Å². The number of hydrogen-bond acceptors (Lipinski definition) is 3. The summed E-state index contributed by atoms with van der Waals surface area (Å²) >= 11 is 0. The SMILES string of the molecule is COc1ccc([C@@H](N)[C@@H](O)C2CCCCC2)c(F)c1. The molecule has 1 aliphatic carbocycles. The first-order chi connectivity index (χ1) is 9.13. The van der Waals surface area contributed by atoms with Gasteiger partial charge in [-0.15, -0.1) is 0 Å². The number of hydrogen-bond donors (Lipinski definition) is 2. The Hall–Kier alpha value is -1.13. The topological polar surface area (TPSA) is 55.5 Å². The van der Waals surface area contributed by atoms with Crippen LogP contribution in [0.25, 0.3) is 0 Å². The first kappa shape index (κ1) is 14.3. The van der Waals surface area contributed by atoms with Crippen molar-refractivity contribution in [2.24, 2.45) is 11.7 Å². The highest BCUT2D eigenvalue weighted by atomic mass is 19.1. The number of rotatable bonds is 4. The van der Waals surface area contributed by atoms with Crippen LogP contribution in [0.4, 0.5) is 4.39 Å². The van der Waals surface area contributed by atoms with Crippen LogP contribution in [0, 0.1) is 11.7 Å². The quantitative estimate of drug-likeness (QED) is 0.882. The predicted octanol–water partition coefficient (Wildman–Crippen LogP) is 2.78. The Morgan fingerprint density at radius 1 is 1.32 bits per heavy atom. The van der Waals surface area contributed by atoms with Gasteiger partial charge in [0.2, 0.25) is 0 Å². The van der Waals surface area contributed by atoms with Gasteiger partial charge >= 0.3 is 0 Å². The summed E-state index contributed by atoms with van der Waals surface area (Å²) in [7, 11) is 1.49. The minimum Gasteiger partial charge on any atom is -0.497 e. The molecule has 2 atom stereocenters. The number of halogens is 1. The first-order valence-corrected chi connectivity index (χ1v) is 6.90. The molecule has 0 aliphatic heterocycles. The molecule has 3 nitrogen and oxygen atoms in total. The Morgan fingerprint density at radius 2 is 2.00 bits per heavy atom. The summed E-state index contributed by atoms with van der Waals surface area (Å²) in [6, 6.07) is 3.91. The Morgan fingerprint density at radius 3 is 2.58 bits per heavy atom. The van der Waals surface area contributed by atoms with Crippen LogP contribution in [0.2, 0.25) is 0 Å². The Labute approximate surface area is 113 Å². The van der Waals surface area contributed by atoms with Gasteiger partial charge < -0.3 is 15.6 Å². The molecule has 0 amide bonds. The molecule has 0 heterocycles. The summed E-state index contributed by atoms with van der Waals surface area (Å²) in [4.78, 5) is 0. The smallest absolute Gasteiger partial charge is 0.131 e.